The molecule has 0 aromatic rings. The van der Waals surface area contributed by atoms with E-state index in [1.807, 2.05) is 0 Å². The van der Waals surface area contributed by atoms with Crippen LogP contribution in [0.2, 0.25) is 0 Å². The molecule has 3 unspecified atom stereocenters. The number of allylic oxidation sites excluding steroid dienone is 2. The molecule has 12 heteroatoms. The number of halogens is 3. The molecule has 0 radical (unpaired) electrons. The van der Waals surface area contributed by atoms with Crippen LogP contribution in [0, 0.1) is 0 Å². The lowest BCUT2D eigenvalue weighted by Crippen LogP contribution is -2.82. The minimum atomic E-state index is -4.51. The van der Waals surface area contributed by atoms with Gasteiger partial charge in [-0.05, 0) is 64.2 Å². The van der Waals surface area contributed by atoms with Gasteiger partial charge in [0.25, 0.3) is 0 Å². The monoisotopic (exact) mass is 498 g/mol. The van der Waals surface area contributed by atoms with Crippen molar-refractivity contribution in [2.45, 2.75) is 81.1 Å². The van der Waals surface area contributed by atoms with E-state index in [2.05, 4.69) is 31.8 Å². The summed E-state index contributed by atoms with van der Waals surface area (Å²) >= 11 is 0. The quantitative estimate of drug-likeness (QED) is 0.385. The molecule has 0 aromatic carbocycles. The number of hydrogen-bond acceptors (Lipinski definition) is 8. The summed E-state index contributed by atoms with van der Waals surface area (Å²) in [6.45, 7) is 2.02. The molecule has 5 aliphatic rings. The predicted octanol–water partition coefficient (Wildman–Crippen LogP) is 1.06. The largest absolute Gasteiger partial charge is 0.393 e. The lowest BCUT2D eigenvalue weighted by atomic mass is 9.87. The van der Waals surface area contributed by atoms with Crippen LogP contribution in [0.3, 0.4) is 0 Å². The number of piperidine rings is 1. The fraction of sp³-hybridized carbons (Fsp3) is 0.783. The second kappa shape index (κ2) is 9.55. The Morgan fingerprint density at radius 2 is 1.89 bits per heavy atom. The number of nitrogens with zero attached hydrogens (tertiary/aromatic N) is 3. The fourth-order valence-electron chi connectivity index (χ4n) is 6.62. The van der Waals surface area contributed by atoms with Gasteiger partial charge in [0, 0.05) is 13.1 Å². The van der Waals surface area contributed by atoms with Crippen molar-refractivity contribution in [2.24, 2.45) is 0 Å². The van der Waals surface area contributed by atoms with Gasteiger partial charge in [-0.1, -0.05) is 19.3 Å². The van der Waals surface area contributed by atoms with Crippen LogP contribution < -0.4 is 26.9 Å². The molecule has 0 aromatic heterocycles. The van der Waals surface area contributed by atoms with Gasteiger partial charge >= 0.3 is 6.18 Å². The number of amides is 1. The number of hydrazine groups is 2. The highest BCUT2D eigenvalue weighted by Crippen LogP contribution is 2.44. The maximum atomic E-state index is 14.6. The summed E-state index contributed by atoms with van der Waals surface area (Å²) in [5.41, 5.74) is 4.17. The van der Waals surface area contributed by atoms with Crippen molar-refractivity contribution in [2.75, 3.05) is 33.2 Å². The Morgan fingerprint density at radius 1 is 1.14 bits per heavy atom. The molecule has 9 nitrogen and oxygen atoms in total. The number of hydrogen-bond donors (Lipinski definition) is 5. The Bertz CT molecular complexity index is 852. The predicted molar refractivity (Wildman–Crippen MR) is 125 cm³/mol. The Kier molecular flexibility index (Phi) is 6.77. The minimum Gasteiger partial charge on any atom is -0.370 e. The van der Waals surface area contributed by atoms with E-state index in [1.54, 1.807) is 30.4 Å². The number of piperazine rings is 1. The SMILES string of the molecule is CNC1(C(=O)N2CCNC(N3CCCCC3)C2(CC(F)(F)F)N2NNC3NC=CC=C32)CCCC1. The van der Waals surface area contributed by atoms with Gasteiger partial charge in [-0.2, -0.15) is 18.7 Å². The van der Waals surface area contributed by atoms with E-state index in [9.17, 15) is 18.0 Å². The first kappa shape index (κ1) is 24.8. The highest BCUT2D eigenvalue weighted by atomic mass is 19.4. The third-order valence-electron chi connectivity index (χ3n) is 8.27. The maximum absolute atomic E-state index is 14.6. The summed E-state index contributed by atoms with van der Waals surface area (Å²) in [4.78, 5) is 18.0. The summed E-state index contributed by atoms with van der Waals surface area (Å²) in [6.07, 6.45) is 4.51. The summed E-state index contributed by atoms with van der Waals surface area (Å²) in [5, 5.41) is 11.4. The molecule has 1 amide bonds. The fourth-order valence-corrected chi connectivity index (χ4v) is 6.62. The Hall–Kier alpha value is -1.86. The third-order valence-corrected chi connectivity index (χ3v) is 8.27. The molecular weight excluding hydrogens is 461 g/mol. The van der Waals surface area contributed by atoms with Gasteiger partial charge in [-0.15, -0.1) is 0 Å². The number of carbonyl (C=O) groups excluding carboxylic acids is 1. The number of rotatable bonds is 5. The van der Waals surface area contributed by atoms with E-state index in [-0.39, 0.29) is 12.5 Å². The van der Waals surface area contributed by atoms with Crippen LogP contribution in [0.5, 0.6) is 0 Å². The molecule has 3 atom stereocenters. The van der Waals surface area contributed by atoms with Crippen LogP contribution in [0.25, 0.3) is 0 Å². The molecule has 1 aliphatic carbocycles. The average Bonchev–Trinajstić information content (AvgIpc) is 3.51. The molecule has 5 N–H and O–H groups in total. The lowest BCUT2D eigenvalue weighted by Gasteiger charge is -2.60. The second-order valence-electron chi connectivity index (χ2n) is 10.3. The van der Waals surface area contributed by atoms with E-state index in [1.165, 1.54) is 4.90 Å². The molecule has 5 rings (SSSR count). The van der Waals surface area contributed by atoms with E-state index < -0.39 is 36.1 Å². The van der Waals surface area contributed by atoms with Crippen molar-refractivity contribution in [1.29, 1.82) is 0 Å². The smallest absolute Gasteiger partial charge is 0.370 e. The highest BCUT2D eigenvalue weighted by Gasteiger charge is 2.63. The summed E-state index contributed by atoms with van der Waals surface area (Å²) < 4.78 is 43.7. The molecule has 35 heavy (non-hydrogen) atoms. The zero-order valence-corrected chi connectivity index (χ0v) is 20.3. The summed E-state index contributed by atoms with van der Waals surface area (Å²) in [5.74, 6) is -0.240. The van der Waals surface area contributed by atoms with Gasteiger partial charge in [0.2, 0.25) is 5.91 Å². The minimum absolute atomic E-state index is 0.197. The molecule has 4 aliphatic heterocycles. The first-order valence-corrected chi connectivity index (χ1v) is 12.8. The van der Waals surface area contributed by atoms with Crippen molar-refractivity contribution in [3.8, 4) is 0 Å². The number of dihydropyridines is 1. The molecule has 1 saturated carbocycles. The van der Waals surface area contributed by atoms with Gasteiger partial charge in [0.05, 0.1) is 17.7 Å². The lowest BCUT2D eigenvalue weighted by molar-refractivity contribution is -0.228. The van der Waals surface area contributed by atoms with Gasteiger partial charge in [-0.25, -0.2) is 5.43 Å². The van der Waals surface area contributed by atoms with Crippen molar-refractivity contribution in [3.63, 3.8) is 0 Å². The Balaban J connectivity index is 1.65. The highest BCUT2D eigenvalue weighted by molar-refractivity contribution is 5.87. The first-order valence-electron chi connectivity index (χ1n) is 12.8. The summed E-state index contributed by atoms with van der Waals surface area (Å²) in [7, 11) is 1.75. The molecule has 0 spiro atoms. The molecular formula is C23H37F3N8O. The average molecular weight is 499 g/mol. The van der Waals surface area contributed by atoms with Crippen molar-refractivity contribution >= 4 is 5.91 Å². The number of alkyl halides is 3. The van der Waals surface area contributed by atoms with E-state index >= 15 is 0 Å². The maximum Gasteiger partial charge on any atom is 0.393 e. The zero-order valence-electron chi connectivity index (χ0n) is 20.3. The molecule has 4 heterocycles. The topological polar surface area (TPSA) is 86.9 Å². The number of fused-ring (bicyclic) bond motifs is 1. The van der Waals surface area contributed by atoms with Crippen LogP contribution in [0.15, 0.2) is 24.0 Å². The van der Waals surface area contributed by atoms with Crippen molar-refractivity contribution in [1.82, 2.24) is 41.7 Å². The van der Waals surface area contributed by atoms with Crippen LogP contribution in [-0.2, 0) is 4.79 Å². The second-order valence-corrected chi connectivity index (χ2v) is 10.3. The molecule has 4 fully saturated rings. The number of likely N-dealkylation sites (N-methyl/N-ethyl adjacent to an activating group) is 1. The van der Waals surface area contributed by atoms with Crippen LogP contribution in [-0.4, -0.2) is 83.7 Å². The van der Waals surface area contributed by atoms with Gasteiger partial charge in [0.15, 0.2) is 5.66 Å². The van der Waals surface area contributed by atoms with Crippen LogP contribution >= 0.6 is 0 Å². The van der Waals surface area contributed by atoms with Gasteiger partial charge < -0.3 is 15.5 Å². The number of carbonyl (C=O) groups is 1. The van der Waals surface area contributed by atoms with E-state index in [4.69, 9.17) is 0 Å². The summed E-state index contributed by atoms with van der Waals surface area (Å²) in [6, 6.07) is 0. The van der Waals surface area contributed by atoms with Gasteiger partial charge in [0.1, 0.15) is 12.3 Å². The number of likely N-dealkylation sites (tertiary alicyclic amines) is 1. The van der Waals surface area contributed by atoms with Crippen LogP contribution in [0.4, 0.5) is 13.2 Å². The van der Waals surface area contributed by atoms with Crippen LogP contribution in [0.1, 0.15) is 51.4 Å². The Labute approximate surface area is 204 Å². The third kappa shape index (κ3) is 4.33. The standard InChI is InChI=1S/C23H37F3N8O/c1-27-21(9-3-4-10-21)20(35)33-15-12-29-19(32-13-5-2-6-14-32)22(33,16-23(24,25)26)34-17-8-7-11-28-18(17)30-31-34/h7-8,11,18-19,27-31H,2-6,9-10,12-16H2,1H3. The molecule has 196 valence electrons. The van der Waals surface area contributed by atoms with Gasteiger partial charge in [-0.3, -0.25) is 20.0 Å². The molecule has 0 bridgehead atoms. The van der Waals surface area contributed by atoms with Crippen molar-refractivity contribution < 1.29 is 18.0 Å². The number of nitrogens with one attached hydrogen (secondary N) is 5. The molecule has 3 saturated heterocycles. The van der Waals surface area contributed by atoms with E-state index in [0.29, 0.717) is 38.2 Å². The van der Waals surface area contributed by atoms with E-state index in [0.717, 1.165) is 32.1 Å². The first-order chi connectivity index (χ1) is 16.8. The Morgan fingerprint density at radius 3 is 2.57 bits per heavy atom. The zero-order chi connectivity index (χ0) is 24.7. The normalized spacial score (nSPS) is 33.4. The van der Waals surface area contributed by atoms with Crippen molar-refractivity contribution in [3.05, 3.63) is 24.0 Å².